The maximum absolute atomic E-state index is 8.89. The van der Waals surface area contributed by atoms with E-state index in [2.05, 4.69) is 5.10 Å². The first-order chi connectivity index (χ1) is 8.28. The molecule has 5 nitrogen and oxygen atoms in total. The number of aliphatic hydroxyl groups excluding tert-OH is 1. The minimum atomic E-state index is 0.0485. The molecule has 1 aromatic carbocycles. The van der Waals surface area contributed by atoms with Crippen LogP contribution in [-0.4, -0.2) is 21.5 Å². The summed E-state index contributed by atoms with van der Waals surface area (Å²) < 4.78 is 7.27. The largest absolute Gasteiger partial charge is 0.492 e. The summed E-state index contributed by atoms with van der Waals surface area (Å²) in [7, 11) is 0. The fraction of sp³-hybridized carbons (Fsp3) is 0.250. The van der Waals surface area contributed by atoms with Gasteiger partial charge in [-0.3, -0.25) is 4.68 Å². The number of anilines is 1. The number of nitrogens with zero attached hydrogens (tertiary/aromatic N) is 2. The molecule has 0 fully saturated rings. The Bertz CT molecular complexity index is 465. The predicted octanol–water partition coefficient (Wildman–Crippen LogP) is 1.04. The van der Waals surface area contributed by atoms with E-state index in [9.17, 15) is 0 Å². The summed E-state index contributed by atoms with van der Waals surface area (Å²) >= 11 is 0. The van der Waals surface area contributed by atoms with Crippen molar-refractivity contribution in [3.05, 3.63) is 42.1 Å². The zero-order valence-corrected chi connectivity index (χ0v) is 9.41. The Labute approximate surface area is 99.4 Å². The normalized spacial score (nSPS) is 10.4. The van der Waals surface area contributed by atoms with Gasteiger partial charge in [-0.15, -0.1) is 0 Å². The molecular weight excluding hydrogens is 218 g/mol. The van der Waals surface area contributed by atoms with Crippen molar-refractivity contribution in [2.45, 2.75) is 13.2 Å². The van der Waals surface area contributed by atoms with Crippen LogP contribution < -0.4 is 10.5 Å². The summed E-state index contributed by atoms with van der Waals surface area (Å²) in [5.74, 6) is 1.29. The molecule has 3 N–H and O–H groups in total. The van der Waals surface area contributed by atoms with E-state index in [1.165, 1.54) is 0 Å². The van der Waals surface area contributed by atoms with Crippen LogP contribution >= 0.6 is 0 Å². The van der Waals surface area contributed by atoms with E-state index >= 15 is 0 Å². The second-order valence-electron chi connectivity index (χ2n) is 3.65. The van der Waals surface area contributed by atoms with Crippen LogP contribution in [0.25, 0.3) is 0 Å². The smallest absolute Gasteiger partial charge is 0.145 e. The van der Waals surface area contributed by atoms with E-state index in [4.69, 9.17) is 15.6 Å². The molecule has 1 aromatic heterocycles. The van der Waals surface area contributed by atoms with Crippen molar-refractivity contribution < 1.29 is 9.84 Å². The summed E-state index contributed by atoms with van der Waals surface area (Å²) in [4.78, 5) is 0. The Hall–Kier alpha value is -2.01. The number of hydrogen-bond acceptors (Lipinski definition) is 4. The highest BCUT2D eigenvalue weighted by atomic mass is 16.5. The topological polar surface area (TPSA) is 73.3 Å². The molecule has 2 rings (SSSR count). The lowest BCUT2D eigenvalue weighted by Gasteiger charge is -2.06. The number of ether oxygens (including phenoxy) is 1. The molecule has 1 heterocycles. The number of aromatic nitrogens is 2. The molecule has 0 aliphatic rings. The Kier molecular flexibility index (Phi) is 3.62. The van der Waals surface area contributed by atoms with Crippen LogP contribution in [-0.2, 0) is 13.2 Å². The van der Waals surface area contributed by atoms with Crippen molar-refractivity contribution in [3.8, 4) is 5.75 Å². The van der Waals surface area contributed by atoms with Gasteiger partial charge in [0.1, 0.15) is 18.2 Å². The monoisotopic (exact) mass is 233 g/mol. The van der Waals surface area contributed by atoms with Crippen molar-refractivity contribution in [1.29, 1.82) is 0 Å². The third-order valence-electron chi connectivity index (χ3n) is 2.36. The summed E-state index contributed by atoms with van der Waals surface area (Å²) in [5, 5.41) is 12.9. The minimum absolute atomic E-state index is 0.0485. The summed E-state index contributed by atoms with van der Waals surface area (Å²) in [6.45, 7) is 1.23. The molecule has 0 unspecified atom stereocenters. The number of hydrogen-bond donors (Lipinski definition) is 2. The highest BCUT2D eigenvalue weighted by Gasteiger charge is 1.97. The van der Waals surface area contributed by atoms with Gasteiger partial charge >= 0.3 is 0 Å². The number of benzene rings is 1. The first kappa shape index (κ1) is 11.5. The van der Waals surface area contributed by atoms with Gasteiger partial charge in [0, 0.05) is 6.20 Å². The third-order valence-corrected chi connectivity index (χ3v) is 2.36. The van der Waals surface area contributed by atoms with Crippen LogP contribution in [0.4, 0.5) is 5.82 Å². The Morgan fingerprint density at radius 2 is 2.00 bits per heavy atom. The number of nitrogen functional groups attached to an aromatic ring is 1. The number of rotatable bonds is 5. The first-order valence-electron chi connectivity index (χ1n) is 5.39. The summed E-state index contributed by atoms with van der Waals surface area (Å²) in [6, 6.07) is 9.09. The molecule has 0 aliphatic heterocycles. The Balaban J connectivity index is 1.81. The lowest BCUT2D eigenvalue weighted by atomic mass is 10.2. The van der Waals surface area contributed by atoms with E-state index in [0.29, 0.717) is 19.0 Å². The van der Waals surface area contributed by atoms with Crippen LogP contribution in [0.2, 0.25) is 0 Å². The van der Waals surface area contributed by atoms with Crippen molar-refractivity contribution in [2.75, 3.05) is 12.3 Å². The molecule has 0 bridgehead atoms. The zero-order valence-electron chi connectivity index (χ0n) is 9.41. The van der Waals surface area contributed by atoms with Gasteiger partial charge in [-0.05, 0) is 23.8 Å². The van der Waals surface area contributed by atoms with Gasteiger partial charge in [0.15, 0.2) is 0 Å². The summed E-state index contributed by atoms with van der Waals surface area (Å²) in [5.41, 5.74) is 6.37. The van der Waals surface area contributed by atoms with E-state index in [-0.39, 0.29) is 6.61 Å². The summed E-state index contributed by atoms with van der Waals surface area (Å²) in [6.07, 6.45) is 1.81. The van der Waals surface area contributed by atoms with Crippen LogP contribution in [0.3, 0.4) is 0 Å². The maximum atomic E-state index is 8.89. The maximum Gasteiger partial charge on any atom is 0.145 e. The molecule has 0 radical (unpaired) electrons. The fourth-order valence-corrected chi connectivity index (χ4v) is 1.45. The number of nitrogens with two attached hydrogens (primary N) is 1. The van der Waals surface area contributed by atoms with Crippen molar-refractivity contribution >= 4 is 5.82 Å². The van der Waals surface area contributed by atoms with E-state index in [0.717, 1.165) is 11.3 Å². The van der Waals surface area contributed by atoms with Crippen LogP contribution in [0.15, 0.2) is 36.5 Å². The fourth-order valence-electron chi connectivity index (χ4n) is 1.45. The Morgan fingerprint density at radius 1 is 1.24 bits per heavy atom. The van der Waals surface area contributed by atoms with Gasteiger partial charge in [-0.2, -0.15) is 5.10 Å². The molecule has 17 heavy (non-hydrogen) atoms. The van der Waals surface area contributed by atoms with E-state index in [1.54, 1.807) is 10.7 Å². The van der Waals surface area contributed by atoms with Crippen molar-refractivity contribution in [1.82, 2.24) is 9.78 Å². The average molecular weight is 233 g/mol. The van der Waals surface area contributed by atoms with Gasteiger partial charge in [0.25, 0.3) is 0 Å². The van der Waals surface area contributed by atoms with E-state index in [1.807, 2.05) is 30.5 Å². The quantitative estimate of drug-likeness (QED) is 0.809. The van der Waals surface area contributed by atoms with Crippen LogP contribution in [0.1, 0.15) is 5.56 Å². The second kappa shape index (κ2) is 5.36. The molecule has 0 saturated carbocycles. The molecule has 0 atom stereocenters. The molecule has 2 aromatic rings. The van der Waals surface area contributed by atoms with Gasteiger partial charge in [0.2, 0.25) is 0 Å². The molecule has 0 aliphatic carbocycles. The zero-order chi connectivity index (χ0) is 12.1. The molecule has 0 saturated heterocycles. The Morgan fingerprint density at radius 3 is 2.59 bits per heavy atom. The molecule has 0 amide bonds. The van der Waals surface area contributed by atoms with Gasteiger partial charge < -0.3 is 15.6 Å². The average Bonchev–Trinajstić information content (AvgIpc) is 2.76. The molecule has 5 heteroatoms. The first-order valence-corrected chi connectivity index (χ1v) is 5.39. The highest BCUT2D eigenvalue weighted by molar-refractivity contribution is 5.26. The number of aliphatic hydroxyl groups is 1. The lowest BCUT2D eigenvalue weighted by Crippen LogP contribution is -2.08. The second-order valence-corrected chi connectivity index (χ2v) is 3.65. The van der Waals surface area contributed by atoms with E-state index < -0.39 is 0 Å². The van der Waals surface area contributed by atoms with Crippen LogP contribution in [0.5, 0.6) is 5.75 Å². The van der Waals surface area contributed by atoms with Gasteiger partial charge in [-0.25, -0.2) is 0 Å². The van der Waals surface area contributed by atoms with Crippen LogP contribution in [0, 0.1) is 0 Å². The molecule has 0 spiro atoms. The van der Waals surface area contributed by atoms with Gasteiger partial charge in [0.05, 0.1) is 13.2 Å². The standard InChI is InChI=1S/C12H15N3O2/c13-12-5-6-15(14-12)7-8-17-11-3-1-10(9-16)2-4-11/h1-6,16H,7-9H2,(H2,13,14). The highest BCUT2D eigenvalue weighted by Crippen LogP contribution is 2.12. The molecule has 90 valence electrons. The third kappa shape index (κ3) is 3.22. The SMILES string of the molecule is Nc1ccn(CCOc2ccc(CO)cc2)n1. The van der Waals surface area contributed by atoms with Crippen molar-refractivity contribution in [2.24, 2.45) is 0 Å². The van der Waals surface area contributed by atoms with Gasteiger partial charge in [-0.1, -0.05) is 12.1 Å². The molecular formula is C12H15N3O2. The lowest BCUT2D eigenvalue weighted by molar-refractivity contribution is 0.280. The van der Waals surface area contributed by atoms with Crippen molar-refractivity contribution in [3.63, 3.8) is 0 Å². The predicted molar refractivity (Wildman–Crippen MR) is 64.5 cm³/mol. The minimum Gasteiger partial charge on any atom is -0.492 e.